The summed E-state index contributed by atoms with van der Waals surface area (Å²) in [6.07, 6.45) is -2.68. The van der Waals surface area contributed by atoms with Crippen molar-refractivity contribution in [1.82, 2.24) is 23.8 Å². The lowest BCUT2D eigenvalue weighted by Crippen LogP contribution is -2.42. The monoisotopic (exact) mass is 490 g/mol. The van der Waals surface area contributed by atoms with Gasteiger partial charge in [-0.3, -0.25) is 9.36 Å². The minimum atomic E-state index is -4.07. The molecule has 3 heterocycles. The van der Waals surface area contributed by atoms with Crippen LogP contribution in [0.2, 0.25) is 0 Å². The maximum Gasteiger partial charge on any atom is 0.278 e. The molecule has 0 spiro atoms. The summed E-state index contributed by atoms with van der Waals surface area (Å²) in [6, 6.07) is 5.82. The maximum atomic E-state index is 13.2. The molecule has 0 bridgehead atoms. The number of hydrogen-bond donors (Lipinski definition) is 3. The molecule has 1 aliphatic heterocycles. The molecule has 4 atom stereocenters. The van der Waals surface area contributed by atoms with E-state index in [0.29, 0.717) is 0 Å². The summed E-state index contributed by atoms with van der Waals surface area (Å²) < 4.78 is 39.8. The number of aliphatic hydroxyl groups excluding tert-OH is 2. The fourth-order valence-electron chi connectivity index (χ4n) is 3.84. The Morgan fingerprint density at radius 1 is 1.32 bits per heavy atom. The van der Waals surface area contributed by atoms with Gasteiger partial charge < -0.3 is 24.7 Å². The van der Waals surface area contributed by atoms with Crippen molar-refractivity contribution in [3.63, 3.8) is 0 Å². The SMILES string of the molecule is CCN(C[C@H]1O[C@@H](n2cnc3c(=O)[nH]cnc32)[C@H](O)[C@@H]1O)S(=O)(=O)c1ccc(OC)c(C#N)c1. The quantitative estimate of drug-likeness (QED) is 0.384. The van der Waals surface area contributed by atoms with Crippen LogP contribution in [0.1, 0.15) is 18.7 Å². The summed E-state index contributed by atoms with van der Waals surface area (Å²) in [6.45, 7) is 1.37. The highest BCUT2D eigenvalue weighted by atomic mass is 32.2. The number of benzene rings is 1. The highest BCUT2D eigenvalue weighted by Crippen LogP contribution is 2.32. The van der Waals surface area contributed by atoms with Crippen molar-refractivity contribution in [2.75, 3.05) is 20.2 Å². The van der Waals surface area contributed by atoms with Gasteiger partial charge >= 0.3 is 0 Å². The van der Waals surface area contributed by atoms with Crippen LogP contribution in [0.3, 0.4) is 0 Å². The first-order valence-electron chi connectivity index (χ1n) is 10.2. The van der Waals surface area contributed by atoms with Gasteiger partial charge in [0.25, 0.3) is 5.56 Å². The Hall–Kier alpha value is -3.35. The van der Waals surface area contributed by atoms with E-state index in [1.807, 2.05) is 6.07 Å². The predicted molar refractivity (Wildman–Crippen MR) is 116 cm³/mol. The van der Waals surface area contributed by atoms with Crippen molar-refractivity contribution in [3.8, 4) is 11.8 Å². The second kappa shape index (κ2) is 9.12. The molecule has 0 amide bonds. The van der Waals surface area contributed by atoms with E-state index < -0.39 is 40.1 Å². The molecular formula is C20H22N6O7S. The van der Waals surface area contributed by atoms with Crippen molar-refractivity contribution in [2.24, 2.45) is 0 Å². The number of aliphatic hydroxyl groups is 2. The van der Waals surface area contributed by atoms with Crippen molar-refractivity contribution in [2.45, 2.75) is 36.4 Å². The second-order valence-electron chi connectivity index (χ2n) is 7.53. The van der Waals surface area contributed by atoms with Gasteiger partial charge in [-0.05, 0) is 18.2 Å². The largest absolute Gasteiger partial charge is 0.495 e. The van der Waals surface area contributed by atoms with E-state index in [4.69, 9.17) is 9.47 Å². The van der Waals surface area contributed by atoms with Crippen LogP contribution in [0.5, 0.6) is 5.75 Å². The average Bonchev–Trinajstić information content (AvgIpc) is 3.38. The minimum absolute atomic E-state index is 0.0294. The lowest BCUT2D eigenvalue weighted by atomic mass is 10.1. The van der Waals surface area contributed by atoms with Crippen LogP contribution in [0.15, 0.2) is 40.5 Å². The van der Waals surface area contributed by atoms with Crippen molar-refractivity contribution < 1.29 is 28.1 Å². The van der Waals surface area contributed by atoms with Gasteiger partial charge in [0.1, 0.15) is 30.1 Å². The van der Waals surface area contributed by atoms with Crippen LogP contribution in [-0.4, -0.2) is 81.0 Å². The molecule has 1 fully saturated rings. The van der Waals surface area contributed by atoms with Crippen LogP contribution in [0, 0.1) is 11.3 Å². The number of ether oxygens (including phenoxy) is 2. The summed E-state index contributed by atoms with van der Waals surface area (Å²) >= 11 is 0. The third kappa shape index (κ3) is 3.93. The molecule has 34 heavy (non-hydrogen) atoms. The fourth-order valence-corrected chi connectivity index (χ4v) is 5.33. The predicted octanol–water partition coefficient (Wildman–Crippen LogP) is -0.670. The summed E-state index contributed by atoms with van der Waals surface area (Å²) in [7, 11) is -2.70. The lowest BCUT2D eigenvalue weighted by molar-refractivity contribution is -0.0384. The van der Waals surface area contributed by atoms with Gasteiger partial charge in [-0.2, -0.15) is 9.57 Å². The van der Waals surface area contributed by atoms with Crippen LogP contribution < -0.4 is 10.3 Å². The molecule has 0 aliphatic carbocycles. The number of H-pyrrole nitrogens is 1. The summed E-state index contributed by atoms with van der Waals surface area (Å²) in [5.41, 5.74) is -0.251. The van der Waals surface area contributed by atoms with Gasteiger partial charge in [-0.15, -0.1) is 0 Å². The van der Waals surface area contributed by atoms with Crippen LogP contribution in [-0.2, 0) is 14.8 Å². The lowest BCUT2D eigenvalue weighted by Gasteiger charge is -2.25. The van der Waals surface area contributed by atoms with Gasteiger partial charge in [0.2, 0.25) is 10.0 Å². The number of likely N-dealkylation sites (N-methyl/N-ethyl adjacent to an activating group) is 1. The molecule has 14 heteroatoms. The number of aromatic nitrogens is 4. The Kier molecular flexibility index (Phi) is 6.39. The summed E-state index contributed by atoms with van der Waals surface area (Å²) in [4.78, 5) is 22.2. The van der Waals surface area contributed by atoms with Crippen molar-refractivity contribution >= 4 is 21.2 Å². The second-order valence-corrected chi connectivity index (χ2v) is 9.47. The fraction of sp³-hybridized carbons (Fsp3) is 0.400. The van der Waals surface area contributed by atoms with Crippen molar-refractivity contribution in [1.29, 1.82) is 5.26 Å². The Balaban J connectivity index is 1.60. The molecule has 2 aromatic heterocycles. The number of sulfonamides is 1. The van der Waals surface area contributed by atoms with Crippen molar-refractivity contribution in [3.05, 3.63) is 46.8 Å². The highest BCUT2D eigenvalue weighted by Gasteiger charge is 2.46. The van der Waals surface area contributed by atoms with Crippen LogP contribution in [0.25, 0.3) is 11.2 Å². The molecule has 3 N–H and O–H groups in total. The van der Waals surface area contributed by atoms with Crippen LogP contribution >= 0.6 is 0 Å². The molecule has 3 aromatic rings. The van der Waals surface area contributed by atoms with E-state index >= 15 is 0 Å². The molecule has 0 unspecified atom stereocenters. The molecule has 0 saturated carbocycles. The normalized spacial score (nSPS) is 22.8. The molecule has 180 valence electrons. The van der Waals surface area contributed by atoms with Gasteiger partial charge in [0, 0.05) is 13.1 Å². The Morgan fingerprint density at radius 3 is 2.76 bits per heavy atom. The number of aromatic amines is 1. The standard InChI is InChI=1S/C20H22N6O7S/c1-3-25(34(30,31)12-4-5-13(32-2)11(6-12)7-21)8-14-16(27)17(28)20(33-14)26-10-24-15-18(26)22-9-23-19(15)29/h4-6,9-10,14,16-17,20,27-28H,3,8H2,1-2H3,(H,22,23,29)/t14-,16-,17-,20-/m1/s1. The summed E-state index contributed by atoms with van der Waals surface area (Å²) in [5, 5.41) is 30.5. The molecule has 0 radical (unpaired) electrons. The zero-order valence-electron chi connectivity index (χ0n) is 18.2. The molecule has 4 rings (SSSR count). The first kappa shape index (κ1) is 23.8. The molecule has 1 aliphatic rings. The van der Waals surface area contributed by atoms with E-state index in [1.165, 1.54) is 42.5 Å². The minimum Gasteiger partial charge on any atom is -0.495 e. The van der Waals surface area contributed by atoms with E-state index in [1.54, 1.807) is 6.92 Å². The number of fused-ring (bicyclic) bond motifs is 1. The Labute approximate surface area is 193 Å². The number of methoxy groups -OCH3 is 1. The molecule has 1 aromatic carbocycles. The molecule has 13 nitrogen and oxygen atoms in total. The smallest absolute Gasteiger partial charge is 0.278 e. The maximum absolute atomic E-state index is 13.2. The Bertz CT molecular complexity index is 1410. The van der Waals surface area contributed by atoms with Gasteiger partial charge in [0.05, 0.1) is 30.2 Å². The number of nitriles is 1. The third-order valence-electron chi connectivity index (χ3n) is 5.64. The number of nitrogens with zero attached hydrogens (tertiary/aromatic N) is 5. The first-order chi connectivity index (χ1) is 16.2. The first-order valence-corrected chi connectivity index (χ1v) is 11.7. The van der Waals surface area contributed by atoms with Crippen LogP contribution in [0.4, 0.5) is 0 Å². The van der Waals surface area contributed by atoms with Gasteiger partial charge in [-0.25, -0.2) is 18.4 Å². The highest BCUT2D eigenvalue weighted by molar-refractivity contribution is 7.89. The third-order valence-corrected chi connectivity index (χ3v) is 7.58. The van der Waals surface area contributed by atoms with Gasteiger partial charge in [-0.1, -0.05) is 6.92 Å². The summed E-state index contributed by atoms with van der Waals surface area (Å²) in [5.74, 6) is 0.241. The van der Waals surface area contributed by atoms with Gasteiger partial charge in [0.15, 0.2) is 17.4 Å². The molecular weight excluding hydrogens is 468 g/mol. The Morgan fingerprint density at radius 2 is 2.09 bits per heavy atom. The molecule has 1 saturated heterocycles. The van der Waals surface area contributed by atoms with E-state index in [2.05, 4.69) is 15.0 Å². The number of hydrogen-bond acceptors (Lipinski definition) is 10. The zero-order chi connectivity index (χ0) is 24.6. The number of rotatable bonds is 7. The average molecular weight is 490 g/mol. The zero-order valence-corrected chi connectivity index (χ0v) is 19.0. The number of imidazole rings is 1. The van der Waals surface area contributed by atoms with E-state index in [-0.39, 0.29) is 40.5 Å². The van der Waals surface area contributed by atoms with E-state index in [9.17, 15) is 28.7 Å². The number of nitrogens with one attached hydrogen (secondary N) is 1. The topological polar surface area (TPSA) is 184 Å². The van der Waals surface area contributed by atoms with E-state index in [0.717, 1.165) is 4.31 Å².